The lowest BCUT2D eigenvalue weighted by molar-refractivity contribution is -0.123. The highest BCUT2D eigenvalue weighted by molar-refractivity contribution is 7.92. The number of carbonyl (C=O) groups excluding carboxylic acids is 2. The number of benzene rings is 2. The van der Waals surface area contributed by atoms with Crippen molar-refractivity contribution in [2.45, 2.75) is 37.8 Å². The van der Waals surface area contributed by atoms with Gasteiger partial charge in [-0.1, -0.05) is 12.1 Å². The molecule has 0 aliphatic carbocycles. The number of carbonyl (C=O) groups is 2. The zero-order chi connectivity index (χ0) is 20.9. The third-order valence-electron chi connectivity index (χ3n) is 4.08. The number of sulfone groups is 1. The molecule has 7 nitrogen and oxygen atoms in total. The summed E-state index contributed by atoms with van der Waals surface area (Å²) in [6.45, 7) is 6.72. The predicted molar refractivity (Wildman–Crippen MR) is 106 cm³/mol. The van der Waals surface area contributed by atoms with E-state index in [1.807, 2.05) is 32.0 Å². The van der Waals surface area contributed by atoms with Gasteiger partial charge in [-0.2, -0.15) is 0 Å². The number of rotatable bonds is 6. The summed E-state index contributed by atoms with van der Waals surface area (Å²) in [6.07, 6.45) is 0. The van der Waals surface area contributed by atoms with E-state index >= 15 is 0 Å². The fourth-order valence-corrected chi connectivity index (χ4v) is 3.37. The lowest BCUT2D eigenvalue weighted by Gasteiger charge is -2.11. The Morgan fingerprint density at radius 1 is 1.00 bits per heavy atom. The van der Waals surface area contributed by atoms with Gasteiger partial charge < -0.3 is 4.74 Å². The van der Waals surface area contributed by atoms with Crippen molar-refractivity contribution in [3.8, 4) is 5.75 Å². The fraction of sp³-hybridized carbons (Fsp3) is 0.300. The maximum atomic E-state index is 12.1. The van der Waals surface area contributed by atoms with E-state index in [-0.39, 0.29) is 17.1 Å². The third kappa shape index (κ3) is 5.32. The molecule has 0 bridgehead atoms. The Labute approximate surface area is 165 Å². The van der Waals surface area contributed by atoms with Gasteiger partial charge in [-0.25, -0.2) is 8.42 Å². The normalized spacial score (nSPS) is 11.2. The lowest BCUT2D eigenvalue weighted by Crippen LogP contribution is -2.43. The van der Waals surface area contributed by atoms with Crippen LogP contribution < -0.4 is 15.6 Å². The molecule has 0 radical (unpaired) electrons. The molecule has 0 heterocycles. The van der Waals surface area contributed by atoms with Crippen LogP contribution in [0, 0.1) is 13.8 Å². The minimum atomic E-state index is -3.40. The van der Waals surface area contributed by atoms with Crippen LogP contribution in [0.4, 0.5) is 0 Å². The van der Waals surface area contributed by atoms with Gasteiger partial charge in [-0.05, 0) is 69.2 Å². The molecule has 2 aromatic carbocycles. The molecule has 0 aliphatic heterocycles. The predicted octanol–water partition coefficient (Wildman–Crippen LogP) is 2.33. The van der Waals surface area contributed by atoms with Crippen LogP contribution in [-0.4, -0.2) is 32.1 Å². The molecular weight excluding hydrogens is 380 g/mol. The summed E-state index contributed by atoms with van der Waals surface area (Å²) < 4.78 is 29.6. The summed E-state index contributed by atoms with van der Waals surface area (Å²) in [6, 6.07) is 11.2. The van der Waals surface area contributed by atoms with Crippen LogP contribution in [0.25, 0.3) is 0 Å². The molecule has 8 heteroatoms. The van der Waals surface area contributed by atoms with Crippen molar-refractivity contribution in [3.05, 3.63) is 59.2 Å². The number of amides is 2. The Morgan fingerprint density at radius 2 is 1.64 bits per heavy atom. The molecule has 2 aromatic rings. The molecule has 0 fully saturated rings. The van der Waals surface area contributed by atoms with Crippen LogP contribution in [0.15, 0.2) is 47.4 Å². The van der Waals surface area contributed by atoms with Crippen LogP contribution >= 0.6 is 0 Å². The number of nitrogens with one attached hydrogen (secondary N) is 2. The number of hydrogen-bond donors (Lipinski definition) is 2. The summed E-state index contributed by atoms with van der Waals surface area (Å²) in [4.78, 5) is 24.1. The van der Waals surface area contributed by atoms with Gasteiger partial charge in [-0.15, -0.1) is 0 Å². The zero-order valence-electron chi connectivity index (χ0n) is 16.3. The van der Waals surface area contributed by atoms with Gasteiger partial charge in [-0.3, -0.25) is 20.4 Å². The van der Waals surface area contributed by atoms with Crippen LogP contribution in [0.1, 0.15) is 35.3 Å². The lowest BCUT2D eigenvalue weighted by atomic mass is 10.1. The second-order valence-corrected chi connectivity index (χ2v) is 9.18. The second-order valence-electron chi connectivity index (χ2n) is 6.68. The van der Waals surface area contributed by atoms with E-state index < -0.39 is 26.9 Å². The van der Waals surface area contributed by atoms with Gasteiger partial charge in [0.25, 0.3) is 11.8 Å². The molecule has 0 aliphatic rings. The Balaban J connectivity index is 1.89. The van der Waals surface area contributed by atoms with E-state index in [2.05, 4.69) is 10.9 Å². The van der Waals surface area contributed by atoms with E-state index in [0.29, 0.717) is 5.75 Å². The van der Waals surface area contributed by atoms with Crippen LogP contribution in [-0.2, 0) is 14.6 Å². The summed E-state index contributed by atoms with van der Waals surface area (Å²) >= 11 is 0. The van der Waals surface area contributed by atoms with Gasteiger partial charge in [0.1, 0.15) is 5.75 Å². The molecule has 2 N–H and O–H groups in total. The number of ether oxygens (including phenoxy) is 1. The Morgan fingerprint density at radius 3 is 2.25 bits per heavy atom. The topological polar surface area (TPSA) is 102 Å². The molecule has 150 valence electrons. The highest BCUT2D eigenvalue weighted by Gasteiger charge is 2.19. The van der Waals surface area contributed by atoms with Crippen LogP contribution in [0.5, 0.6) is 5.75 Å². The molecule has 2 rings (SSSR count). The third-order valence-corrected chi connectivity index (χ3v) is 6.25. The van der Waals surface area contributed by atoms with Gasteiger partial charge in [0.2, 0.25) is 0 Å². The minimum Gasteiger partial charge on any atom is -0.483 e. The second kappa shape index (κ2) is 8.88. The summed E-state index contributed by atoms with van der Waals surface area (Å²) in [5, 5.41) is -0.552. The average molecular weight is 404 g/mol. The van der Waals surface area contributed by atoms with Gasteiger partial charge in [0.05, 0.1) is 10.1 Å². The standard InChI is InChI=1S/C20H24N2O5S/c1-13(2)28(25,26)17-9-7-16(8-10-17)20(24)22-21-19(23)12-27-18-11-14(3)5-6-15(18)4/h5-11,13H,12H2,1-4H3,(H,21,23)(H,22,24). The average Bonchev–Trinajstić information content (AvgIpc) is 2.66. The first-order valence-corrected chi connectivity index (χ1v) is 10.3. The molecule has 0 spiro atoms. The first-order chi connectivity index (χ1) is 13.1. The Hall–Kier alpha value is -2.87. The molecule has 0 atom stereocenters. The molecule has 2 amide bonds. The van der Waals surface area contributed by atoms with Crippen molar-refractivity contribution >= 4 is 21.7 Å². The smallest absolute Gasteiger partial charge is 0.276 e. The van der Waals surface area contributed by atoms with Crippen molar-refractivity contribution in [2.75, 3.05) is 6.61 Å². The Bertz CT molecular complexity index is 967. The van der Waals surface area contributed by atoms with Crippen molar-refractivity contribution in [1.29, 1.82) is 0 Å². The maximum absolute atomic E-state index is 12.1. The van der Waals surface area contributed by atoms with E-state index in [1.165, 1.54) is 24.3 Å². The van der Waals surface area contributed by atoms with Crippen LogP contribution in [0.2, 0.25) is 0 Å². The monoisotopic (exact) mass is 404 g/mol. The number of hydrogen-bond acceptors (Lipinski definition) is 5. The van der Waals surface area contributed by atoms with E-state index in [4.69, 9.17) is 4.74 Å². The summed E-state index contributed by atoms with van der Waals surface area (Å²) in [7, 11) is -3.40. The summed E-state index contributed by atoms with van der Waals surface area (Å²) in [5.74, 6) is -0.481. The molecular formula is C20H24N2O5S. The van der Waals surface area contributed by atoms with Crippen molar-refractivity contribution < 1.29 is 22.7 Å². The molecule has 0 saturated heterocycles. The van der Waals surface area contributed by atoms with Gasteiger partial charge in [0.15, 0.2) is 16.4 Å². The van der Waals surface area contributed by atoms with E-state index in [0.717, 1.165) is 11.1 Å². The molecule has 0 unspecified atom stereocenters. The molecule has 0 saturated carbocycles. The van der Waals surface area contributed by atoms with Crippen molar-refractivity contribution in [1.82, 2.24) is 10.9 Å². The van der Waals surface area contributed by atoms with Crippen molar-refractivity contribution in [2.24, 2.45) is 0 Å². The fourth-order valence-electron chi connectivity index (χ4n) is 2.31. The van der Waals surface area contributed by atoms with Gasteiger partial charge >= 0.3 is 0 Å². The van der Waals surface area contributed by atoms with E-state index in [9.17, 15) is 18.0 Å². The molecule has 28 heavy (non-hydrogen) atoms. The maximum Gasteiger partial charge on any atom is 0.276 e. The van der Waals surface area contributed by atoms with Gasteiger partial charge in [0, 0.05) is 5.56 Å². The quantitative estimate of drug-likeness (QED) is 0.720. The number of aryl methyl sites for hydroxylation is 2. The highest BCUT2D eigenvalue weighted by Crippen LogP contribution is 2.19. The number of hydrazine groups is 1. The Kier molecular flexibility index (Phi) is 6.80. The minimum absolute atomic E-state index is 0.144. The van der Waals surface area contributed by atoms with E-state index in [1.54, 1.807) is 13.8 Å². The SMILES string of the molecule is Cc1ccc(C)c(OCC(=O)NNC(=O)c2ccc(S(=O)(=O)C(C)C)cc2)c1. The van der Waals surface area contributed by atoms with Crippen molar-refractivity contribution in [3.63, 3.8) is 0 Å². The van der Waals surface area contributed by atoms with Crippen LogP contribution in [0.3, 0.4) is 0 Å². The molecule has 0 aromatic heterocycles. The first-order valence-electron chi connectivity index (χ1n) is 8.74. The zero-order valence-corrected chi connectivity index (χ0v) is 17.1. The first kappa shape index (κ1) is 21.4. The highest BCUT2D eigenvalue weighted by atomic mass is 32.2. The summed E-state index contributed by atoms with van der Waals surface area (Å²) in [5.41, 5.74) is 6.67. The largest absolute Gasteiger partial charge is 0.483 e.